The molecule has 0 aromatic heterocycles. The van der Waals surface area contributed by atoms with E-state index in [-0.39, 0.29) is 12.5 Å². The molecule has 19 heavy (non-hydrogen) atoms. The van der Waals surface area contributed by atoms with Crippen molar-refractivity contribution in [2.45, 2.75) is 31.4 Å². The van der Waals surface area contributed by atoms with Gasteiger partial charge in [-0.15, -0.1) is 0 Å². The Morgan fingerprint density at radius 2 is 1.79 bits per heavy atom. The number of nitrogens with zero attached hydrogens (tertiary/aromatic N) is 1. The van der Waals surface area contributed by atoms with Crippen molar-refractivity contribution in [2.75, 3.05) is 12.3 Å². The number of aryl methyl sites for hydroxylation is 1. The zero-order valence-corrected chi connectivity index (χ0v) is 11.9. The van der Waals surface area contributed by atoms with E-state index in [0.717, 1.165) is 16.3 Å². The number of nitrogen functional groups attached to an aromatic ring is 1. The van der Waals surface area contributed by atoms with Gasteiger partial charge in [0.1, 0.15) is 0 Å². The molecule has 0 spiro atoms. The van der Waals surface area contributed by atoms with Gasteiger partial charge in [-0.1, -0.05) is 12.1 Å². The number of carbonyl (C=O) groups is 1. The standard InChI is InChI=1S/C13H18N2O3S/c1-13(2)12(16)15(19(13,17)18)9-3-4-10-5-7-11(14)8-6-10/h5-8H,3-4,9,14H2,1-2H3. The van der Waals surface area contributed by atoms with Gasteiger partial charge in [-0.05, 0) is 44.4 Å². The number of carbonyl (C=O) groups excluding carboxylic acids is 1. The number of amides is 1. The first-order chi connectivity index (χ1) is 8.76. The Balaban J connectivity index is 1.91. The number of sulfonamides is 1. The maximum atomic E-state index is 11.9. The van der Waals surface area contributed by atoms with Crippen molar-refractivity contribution in [1.82, 2.24) is 4.31 Å². The summed E-state index contributed by atoms with van der Waals surface area (Å²) in [6.45, 7) is 3.14. The molecule has 2 N–H and O–H groups in total. The van der Waals surface area contributed by atoms with E-state index < -0.39 is 14.8 Å². The molecular weight excluding hydrogens is 264 g/mol. The fraction of sp³-hybridized carbons (Fsp3) is 0.462. The van der Waals surface area contributed by atoms with Crippen LogP contribution in [0, 0.1) is 0 Å². The average Bonchev–Trinajstić information content (AvgIpc) is 2.35. The monoisotopic (exact) mass is 282 g/mol. The maximum Gasteiger partial charge on any atom is 0.258 e. The molecule has 0 aliphatic carbocycles. The van der Waals surface area contributed by atoms with Gasteiger partial charge in [0.15, 0.2) is 4.75 Å². The highest BCUT2D eigenvalue weighted by Crippen LogP contribution is 2.34. The van der Waals surface area contributed by atoms with Gasteiger partial charge in [-0.25, -0.2) is 12.7 Å². The minimum absolute atomic E-state index is 0.245. The van der Waals surface area contributed by atoms with Crippen molar-refractivity contribution in [3.8, 4) is 0 Å². The lowest BCUT2D eigenvalue weighted by molar-refractivity contribution is -0.132. The zero-order valence-electron chi connectivity index (χ0n) is 11.1. The van der Waals surface area contributed by atoms with Crippen LogP contribution in [-0.2, 0) is 21.2 Å². The van der Waals surface area contributed by atoms with Crippen LogP contribution in [0.2, 0.25) is 0 Å². The molecule has 104 valence electrons. The summed E-state index contributed by atoms with van der Waals surface area (Å²) in [5.41, 5.74) is 7.37. The van der Waals surface area contributed by atoms with Crippen molar-refractivity contribution in [2.24, 2.45) is 0 Å². The molecule has 0 atom stereocenters. The Morgan fingerprint density at radius 3 is 2.32 bits per heavy atom. The zero-order chi connectivity index (χ0) is 14.3. The smallest absolute Gasteiger partial charge is 0.258 e. The lowest BCUT2D eigenvalue weighted by Gasteiger charge is -2.43. The van der Waals surface area contributed by atoms with E-state index in [1.165, 1.54) is 13.8 Å². The minimum Gasteiger partial charge on any atom is -0.399 e. The molecule has 1 saturated heterocycles. The van der Waals surface area contributed by atoms with E-state index in [1.807, 2.05) is 24.3 Å². The summed E-state index contributed by atoms with van der Waals surface area (Å²) < 4.78 is 23.4. The second-order valence-corrected chi connectivity index (χ2v) is 7.65. The van der Waals surface area contributed by atoms with Crippen molar-refractivity contribution >= 4 is 21.6 Å². The first-order valence-electron chi connectivity index (χ1n) is 6.18. The van der Waals surface area contributed by atoms with Crippen molar-refractivity contribution < 1.29 is 13.2 Å². The van der Waals surface area contributed by atoms with E-state index in [9.17, 15) is 13.2 Å². The maximum absolute atomic E-state index is 11.9. The number of rotatable bonds is 4. The van der Waals surface area contributed by atoms with E-state index in [0.29, 0.717) is 12.1 Å². The van der Waals surface area contributed by atoms with Gasteiger partial charge >= 0.3 is 0 Å². The summed E-state index contributed by atoms with van der Waals surface area (Å²) >= 11 is 0. The van der Waals surface area contributed by atoms with Crippen LogP contribution in [0.4, 0.5) is 5.69 Å². The number of benzene rings is 1. The normalized spacial score (nSPS) is 20.1. The second-order valence-electron chi connectivity index (χ2n) is 5.24. The van der Waals surface area contributed by atoms with Crippen LogP contribution in [0.3, 0.4) is 0 Å². The number of hydrogen-bond donors (Lipinski definition) is 1. The fourth-order valence-electron chi connectivity index (χ4n) is 2.09. The van der Waals surface area contributed by atoms with Gasteiger partial charge in [0, 0.05) is 12.2 Å². The Bertz CT molecular complexity index is 591. The van der Waals surface area contributed by atoms with Crippen LogP contribution in [-0.4, -0.2) is 29.9 Å². The van der Waals surface area contributed by atoms with Gasteiger partial charge in [0.25, 0.3) is 15.9 Å². The molecule has 0 bridgehead atoms. The highest BCUT2D eigenvalue weighted by molar-refractivity contribution is 7.94. The second kappa shape index (κ2) is 4.52. The molecule has 5 nitrogen and oxygen atoms in total. The van der Waals surface area contributed by atoms with Crippen molar-refractivity contribution in [3.05, 3.63) is 29.8 Å². The van der Waals surface area contributed by atoms with Crippen LogP contribution >= 0.6 is 0 Å². The Kier molecular flexibility index (Phi) is 3.30. The van der Waals surface area contributed by atoms with Crippen molar-refractivity contribution in [3.63, 3.8) is 0 Å². The minimum atomic E-state index is -3.45. The van der Waals surface area contributed by atoms with Crippen LogP contribution in [0.25, 0.3) is 0 Å². The average molecular weight is 282 g/mol. The Hall–Kier alpha value is -1.56. The van der Waals surface area contributed by atoms with Gasteiger partial charge in [-0.3, -0.25) is 4.79 Å². The molecule has 1 aliphatic heterocycles. The SMILES string of the molecule is CC1(C)C(=O)N(CCCc2ccc(N)cc2)S1(=O)=O. The molecule has 6 heteroatoms. The van der Waals surface area contributed by atoms with E-state index >= 15 is 0 Å². The lowest BCUT2D eigenvalue weighted by Crippen LogP contribution is -2.67. The van der Waals surface area contributed by atoms with Crippen LogP contribution in [0.5, 0.6) is 0 Å². The summed E-state index contributed by atoms with van der Waals surface area (Å²) in [6, 6.07) is 7.44. The van der Waals surface area contributed by atoms with Crippen LogP contribution in [0.1, 0.15) is 25.8 Å². The third kappa shape index (κ3) is 2.20. The number of hydrogen-bond acceptors (Lipinski definition) is 4. The summed E-state index contributed by atoms with van der Waals surface area (Å²) in [5.74, 6) is -0.315. The highest BCUT2D eigenvalue weighted by Gasteiger charge is 2.59. The summed E-state index contributed by atoms with van der Waals surface area (Å²) in [5, 5.41) is 0. The van der Waals surface area contributed by atoms with Gasteiger partial charge < -0.3 is 5.73 Å². The van der Waals surface area contributed by atoms with Gasteiger partial charge in [-0.2, -0.15) is 0 Å². The first kappa shape index (κ1) is 13.9. The molecule has 0 saturated carbocycles. The molecule has 1 aromatic rings. The predicted molar refractivity (Wildman–Crippen MR) is 73.9 cm³/mol. The van der Waals surface area contributed by atoms with Crippen molar-refractivity contribution in [1.29, 1.82) is 0 Å². The third-order valence-corrected chi connectivity index (χ3v) is 5.88. The molecule has 1 aliphatic rings. The molecular formula is C13H18N2O3S. The van der Waals surface area contributed by atoms with Gasteiger partial charge in [0.05, 0.1) is 0 Å². The van der Waals surface area contributed by atoms with Crippen LogP contribution < -0.4 is 5.73 Å². The Labute approximate surface area is 113 Å². The molecule has 1 aromatic carbocycles. The van der Waals surface area contributed by atoms with E-state index in [4.69, 9.17) is 5.73 Å². The number of anilines is 1. The first-order valence-corrected chi connectivity index (χ1v) is 7.62. The highest BCUT2D eigenvalue weighted by atomic mass is 32.2. The largest absolute Gasteiger partial charge is 0.399 e. The molecule has 1 fully saturated rings. The molecule has 0 radical (unpaired) electrons. The molecule has 2 rings (SSSR count). The fourth-order valence-corrected chi connectivity index (χ4v) is 3.65. The number of nitrogens with two attached hydrogens (primary N) is 1. The summed E-state index contributed by atoms with van der Waals surface area (Å²) in [7, 11) is -3.45. The molecule has 0 unspecified atom stereocenters. The quantitative estimate of drug-likeness (QED) is 0.840. The van der Waals surface area contributed by atoms with Crippen LogP contribution in [0.15, 0.2) is 24.3 Å². The summed E-state index contributed by atoms with van der Waals surface area (Å²) in [6.07, 6.45) is 1.34. The molecule has 1 heterocycles. The topological polar surface area (TPSA) is 80.5 Å². The predicted octanol–water partition coefficient (Wildman–Crippen LogP) is 1.15. The van der Waals surface area contributed by atoms with Gasteiger partial charge in [0.2, 0.25) is 0 Å². The van der Waals surface area contributed by atoms with E-state index in [2.05, 4.69) is 0 Å². The lowest BCUT2D eigenvalue weighted by atomic mass is 10.1. The van der Waals surface area contributed by atoms with E-state index in [1.54, 1.807) is 0 Å². The molecule has 1 amide bonds. The summed E-state index contributed by atoms with van der Waals surface area (Å²) in [4.78, 5) is 11.7. The Morgan fingerprint density at radius 1 is 1.21 bits per heavy atom. The third-order valence-electron chi connectivity index (χ3n) is 3.48.